The maximum absolute atomic E-state index is 12.7. The van der Waals surface area contributed by atoms with Gasteiger partial charge in [-0.15, -0.1) is 0 Å². The summed E-state index contributed by atoms with van der Waals surface area (Å²) in [5, 5.41) is 0. The summed E-state index contributed by atoms with van der Waals surface area (Å²) in [6, 6.07) is 6.95. The van der Waals surface area contributed by atoms with Gasteiger partial charge in [-0.05, 0) is 49.7 Å². The minimum Gasteiger partial charge on any atom is -0.320 e. The maximum Gasteiger partial charge on any atom is 0.242 e. The number of rotatable bonds is 5. The summed E-state index contributed by atoms with van der Waals surface area (Å²) in [7, 11) is -3.52. The summed E-state index contributed by atoms with van der Waals surface area (Å²) in [5.41, 5.74) is 5.89. The van der Waals surface area contributed by atoms with Crippen LogP contribution in [0.4, 0.5) is 0 Å². The fraction of sp³-hybridized carbons (Fsp3) is 0.500. The molecular weight excluding hydrogens is 284 g/mol. The molecule has 0 amide bonds. The van der Waals surface area contributed by atoms with Crippen LogP contribution >= 0.6 is 0 Å². The molecule has 0 bridgehead atoms. The molecule has 0 aliphatic heterocycles. The molecule has 2 aliphatic rings. The summed E-state index contributed by atoms with van der Waals surface area (Å²) in [6.07, 6.45) is 4.55. The van der Waals surface area contributed by atoms with Crippen LogP contribution in [0, 0.1) is 23.7 Å². The lowest BCUT2D eigenvalue weighted by molar-refractivity contribution is 0.471. The summed E-state index contributed by atoms with van der Waals surface area (Å²) in [5.74, 6) is 6.62. The molecule has 2 fully saturated rings. The van der Waals surface area contributed by atoms with Gasteiger partial charge in [0.05, 0.1) is 11.4 Å². The van der Waals surface area contributed by atoms with E-state index < -0.39 is 10.0 Å². The smallest absolute Gasteiger partial charge is 0.242 e. The van der Waals surface area contributed by atoms with E-state index in [9.17, 15) is 8.42 Å². The van der Waals surface area contributed by atoms with Gasteiger partial charge in [0.15, 0.2) is 0 Å². The molecule has 0 aromatic heterocycles. The Bertz CT molecular complexity index is 668. The summed E-state index contributed by atoms with van der Waals surface area (Å²) >= 11 is 0. The quantitative estimate of drug-likeness (QED) is 0.809. The van der Waals surface area contributed by atoms with E-state index in [4.69, 9.17) is 5.73 Å². The van der Waals surface area contributed by atoms with Crippen LogP contribution in [0.1, 0.15) is 31.2 Å². The van der Waals surface area contributed by atoms with Crippen LogP contribution in [-0.2, 0) is 10.0 Å². The molecule has 21 heavy (non-hydrogen) atoms. The Morgan fingerprint density at radius 3 is 2.38 bits per heavy atom. The van der Waals surface area contributed by atoms with Crippen LogP contribution < -0.4 is 10.5 Å². The molecule has 1 aromatic carbocycles. The van der Waals surface area contributed by atoms with Crippen LogP contribution in [0.3, 0.4) is 0 Å². The van der Waals surface area contributed by atoms with Crippen LogP contribution in [0.2, 0.25) is 0 Å². The van der Waals surface area contributed by atoms with Gasteiger partial charge in [-0.3, -0.25) is 0 Å². The highest BCUT2D eigenvalue weighted by atomic mass is 32.2. The Kier molecular flexibility index (Phi) is 4.03. The van der Waals surface area contributed by atoms with Crippen LogP contribution in [-0.4, -0.2) is 21.0 Å². The van der Waals surface area contributed by atoms with Crippen molar-refractivity contribution in [3.63, 3.8) is 0 Å². The second kappa shape index (κ2) is 5.80. The van der Waals surface area contributed by atoms with E-state index in [0.717, 1.165) is 25.7 Å². The predicted octanol–water partition coefficient (Wildman–Crippen LogP) is 1.46. The van der Waals surface area contributed by atoms with Crippen molar-refractivity contribution in [2.24, 2.45) is 17.6 Å². The largest absolute Gasteiger partial charge is 0.320 e. The van der Waals surface area contributed by atoms with E-state index in [1.165, 1.54) is 0 Å². The Hall–Kier alpha value is -1.35. The van der Waals surface area contributed by atoms with Gasteiger partial charge in [-0.1, -0.05) is 24.0 Å². The van der Waals surface area contributed by atoms with Crippen molar-refractivity contribution < 1.29 is 8.42 Å². The predicted molar refractivity (Wildman–Crippen MR) is 81.9 cm³/mol. The van der Waals surface area contributed by atoms with Gasteiger partial charge < -0.3 is 5.73 Å². The van der Waals surface area contributed by atoms with Crippen molar-refractivity contribution in [2.45, 2.75) is 36.6 Å². The summed E-state index contributed by atoms with van der Waals surface area (Å²) in [6.45, 7) is 0.217. The third-order valence-corrected chi connectivity index (χ3v) is 5.57. The highest BCUT2D eigenvalue weighted by Crippen LogP contribution is 2.45. The topological polar surface area (TPSA) is 72.2 Å². The number of sulfonamides is 1. The molecule has 0 unspecified atom stereocenters. The number of hydrogen-bond acceptors (Lipinski definition) is 3. The average molecular weight is 304 g/mol. The van der Waals surface area contributed by atoms with Crippen LogP contribution in [0.5, 0.6) is 0 Å². The third kappa shape index (κ3) is 3.46. The van der Waals surface area contributed by atoms with Crippen molar-refractivity contribution in [1.29, 1.82) is 0 Å². The zero-order valence-corrected chi connectivity index (χ0v) is 12.7. The first-order valence-corrected chi connectivity index (χ1v) is 8.90. The molecular formula is C16H20N2O2S. The zero-order chi connectivity index (χ0) is 14.9. The first-order chi connectivity index (χ1) is 10.1. The number of nitrogens with one attached hydrogen (secondary N) is 1. The molecule has 2 aliphatic carbocycles. The van der Waals surface area contributed by atoms with E-state index in [1.54, 1.807) is 24.3 Å². The molecule has 112 valence electrons. The van der Waals surface area contributed by atoms with Gasteiger partial charge in [0, 0.05) is 11.6 Å². The zero-order valence-electron chi connectivity index (χ0n) is 11.9. The van der Waals surface area contributed by atoms with Crippen molar-refractivity contribution in [2.75, 3.05) is 6.54 Å². The second-order valence-corrected chi connectivity index (χ2v) is 7.51. The molecule has 2 saturated carbocycles. The van der Waals surface area contributed by atoms with Gasteiger partial charge in [0.2, 0.25) is 10.0 Å². The molecule has 0 heterocycles. The SMILES string of the molecule is NCC#Cc1ccccc1S(=O)(=O)NC(C1CC1)C1CC1. The monoisotopic (exact) mass is 304 g/mol. The molecule has 0 saturated heterocycles. The molecule has 0 atom stereocenters. The van der Waals surface area contributed by atoms with Crippen molar-refractivity contribution in [3.8, 4) is 11.8 Å². The fourth-order valence-corrected chi connectivity index (χ4v) is 4.22. The van der Waals surface area contributed by atoms with Crippen molar-refractivity contribution >= 4 is 10.0 Å². The normalized spacial score (nSPS) is 18.4. The Balaban J connectivity index is 1.87. The lowest BCUT2D eigenvalue weighted by Gasteiger charge is -2.18. The van der Waals surface area contributed by atoms with Crippen LogP contribution in [0.25, 0.3) is 0 Å². The van der Waals surface area contributed by atoms with Crippen molar-refractivity contribution in [1.82, 2.24) is 4.72 Å². The Morgan fingerprint density at radius 1 is 1.19 bits per heavy atom. The van der Waals surface area contributed by atoms with Gasteiger partial charge in [0.1, 0.15) is 0 Å². The Labute approximate surface area is 126 Å². The van der Waals surface area contributed by atoms with Gasteiger partial charge in [0.25, 0.3) is 0 Å². The lowest BCUT2D eigenvalue weighted by Crippen LogP contribution is -2.38. The standard InChI is InChI=1S/C16H20N2O2S/c17-11-3-5-12-4-1-2-6-15(12)21(19,20)18-16(13-7-8-13)14-9-10-14/h1-2,4,6,13-14,16,18H,7-11,17H2. The molecule has 1 aromatic rings. The number of benzene rings is 1. The number of nitrogens with two attached hydrogens (primary N) is 1. The van der Waals surface area contributed by atoms with Gasteiger partial charge >= 0.3 is 0 Å². The maximum atomic E-state index is 12.7. The first kappa shape index (κ1) is 14.6. The lowest BCUT2D eigenvalue weighted by atomic mass is 10.1. The minimum absolute atomic E-state index is 0.102. The number of hydrogen-bond donors (Lipinski definition) is 2. The molecule has 3 N–H and O–H groups in total. The summed E-state index contributed by atoms with van der Waals surface area (Å²) in [4.78, 5) is 0.261. The molecule has 0 spiro atoms. The minimum atomic E-state index is -3.52. The Morgan fingerprint density at radius 2 is 1.81 bits per heavy atom. The average Bonchev–Trinajstić information content (AvgIpc) is 3.36. The summed E-state index contributed by atoms with van der Waals surface area (Å²) < 4.78 is 28.3. The molecule has 4 nitrogen and oxygen atoms in total. The highest BCUT2D eigenvalue weighted by molar-refractivity contribution is 7.89. The van der Waals surface area contributed by atoms with E-state index in [0.29, 0.717) is 17.4 Å². The molecule has 5 heteroatoms. The third-order valence-electron chi connectivity index (χ3n) is 4.05. The first-order valence-electron chi connectivity index (χ1n) is 7.42. The van der Waals surface area contributed by atoms with Crippen molar-refractivity contribution in [3.05, 3.63) is 29.8 Å². The molecule has 3 rings (SSSR count). The van der Waals surface area contributed by atoms with E-state index in [1.807, 2.05) is 0 Å². The second-order valence-electron chi connectivity index (χ2n) is 5.82. The highest BCUT2D eigenvalue weighted by Gasteiger charge is 2.43. The molecule has 0 radical (unpaired) electrons. The van der Waals surface area contributed by atoms with Gasteiger partial charge in [-0.25, -0.2) is 13.1 Å². The van der Waals surface area contributed by atoms with Crippen LogP contribution in [0.15, 0.2) is 29.2 Å². The van der Waals surface area contributed by atoms with E-state index in [2.05, 4.69) is 16.6 Å². The van der Waals surface area contributed by atoms with E-state index in [-0.39, 0.29) is 17.5 Å². The van der Waals surface area contributed by atoms with E-state index >= 15 is 0 Å². The van der Waals surface area contributed by atoms with Gasteiger partial charge in [-0.2, -0.15) is 0 Å². The fourth-order valence-electron chi connectivity index (χ4n) is 2.68.